The summed E-state index contributed by atoms with van der Waals surface area (Å²) in [6, 6.07) is 3.64. The van der Waals surface area contributed by atoms with Gasteiger partial charge in [-0.05, 0) is 44.9 Å². The number of nitrogens with two attached hydrogens (primary N) is 1. The van der Waals surface area contributed by atoms with Crippen molar-refractivity contribution in [1.29, 1.82) is 0 Å². The van der Waals surface area contributed by atoms with Gasteiger partial charge in [0.1, 0.15) is 11.4 Å². The summed E-state index contributed by atoms with van der Waals surface area (Å²) in [4.78, 5) is 14.1. The molecule has 0 spiro atoms. The maximum Gasteiger partial charge on any atom is 0.410 e. The highest BCUT2D eigenvalue weighted by molar-refractivity contribution is 9.10. The van der Waals surface area contributed by atoms with Crippen molar-refractivity contribution in [3.63, 3.8) is 0 Å². The van der Waals surface area contributed by atoms with Crippen LogP contribution in [0.2, 0.25) is 0 Å². The van der Waals surface area contributed by atoms with Gasteiger partial charge in [0.25, 0.3) is 0 Å². The summed E-state index contributed by atoms with van der Waals surface area (Å²) in [7, 11) is 1.63. The molecule has 1 aliphatic rings. The zero-order valence-corrected chi connectivity index (χ0v) is 15.1. The summed E-state index contributed by atoms with van der Waals surface area (Å²) in [5.74, 6) is 0.761. The first kappa shape index (κ1) is 17.1. The van der Waals surface area contributed by atoms with Crippen molar-refractivity contribution in [2.45, 2.75) is 45.4 Å². The van der Waals surface area contributed by atoms with Gasteiger partial charge in [0.05, 0.1) is 13.7 Å². The fourth-order valence-electron chi connectivity index (χ4n) is 2.55. The van der Waals surface area contributed by atoms with Gasteiger partial charge in [-0.3, -0.25) is 0 Å². The van der Waals surface area contributed by atoms with Crippen LogP contribution >= 0.6 is 15.9 Å². The molecule has 0 saturated carbocycles. The quantitative estimate of drug-likeness (QED) is 0.819. The maximum atomic E-state index is 12.4. The highest BCUT2D eigenvalue weighted by Crippen LogP contribution is 2.37. The molecule has 0 aliphatic carbocycles. The molecule has 2 N–H and O–H groups in total. The van der Waals surface area contributed by atoms with Crippen LogP contribution in [-0.2, 0) is 11.3 Å². The Hall–Kier alpha value is -1.27. The first-order chi connectivity index (χ1) is 10.2. The molecule has 0 saturated heterocycles. The number of carbonyl (C=O) groups is 1. The van der Waals surface area contributed by atoms with E-state index >= 15 is 0 Å². The van der Waals surface area contributed by atoms with Gasteiger partial charge < -0.3 is 20.1 Å². The van der Waals surface area contributed by atoms with Gasteiger partial charge in [-0.1, -0.05) is 15.9 Å². The maximum absolute atomic E-state index is 12.4. The number of rotatable bonds is 1. The Bertz CT molecular complexity index is 569. The lowest BCUT2D eigenvalue weighted by molar-refractivity contribution is 0.0234. The van der Waals surface area contributed by atoms with E-state index < -0.39 is 5.60 Å². The second kappa shape index (κ2) is 6.46. The highest BCUT2D eigenvalue weighted by Gasteiger charge is 2.29. The number of methoxy groups -OCH3 is 1. The van der Waals surface area contributed by atoms with Gasteiger partial charge in [-0.15, -0.1) is 0 Å². The number of carbonyl (C=O) groups excluding carboxylic acids is 1. The fourth-order valence-corrected chi connectivity index (χ4v) is 3.02. The van der Waals surface area contributed by atoms with Crippen LogP contribution in [-0.4, -0.2) is 30.2 Å². The molecule has 2 rings (SSSR count). The Morgan fingerprint density at radius 2 is 2.09 bits per heavy atom. The second-order valence-electron chi connectivity index (χ2n) is 6.44. The van der Waals surface area contributed by atoms with E-state index in [2.05, 4.69) is 15.9 Å². The van der Waals surface area contributed by atoms with Gasteiger partial charge in [0.2, 0.25) is 0 Å². The van der Waals surface area contributed by atoms with Crippen molar-refractivity contribution in [3.05, 3.63) is 27.7 Å². The predicted octanol–water partition coefficient (Wildman–Crippen LogP) is 3.60. The molecule has 22 heavy (non-hydrogen) atoms. The van der Waals surface area contributed by atoms with E-state index in [-0.39, 0.29) is 12.1 Å². The smallest absolute Gasteiger partial charge is 0.410 e. The molecule has 1 aliphatic heterocycles. The molecular formula is C16H23BrN2O3. The van der Waals surface area contributed by atoms with Crippen molar-refractivity contribution in [2.75, 3.05) is 13.7 Å². The predicted molar refractivity (Wildman–Crippen MR) is 88.9 cm³/mol. The second-order valence-corrected chi connectivity index (χ2v) is 7.29. The number of benzene rings is 1. The third kappa shape index (κ3) is 3.73. The largest absolute Gasteiger partial charge is 0.496 e. The lowest BCUT2D eigenvalue weighted by Gasteiger charge is -2.26. The molecule has 0 aromatic heterocycles. The number of nitrogens with zero attached hydrogens (tertiary/aromatic N) is 1. The number of ether oxygens (including phenoxy) is 2. The SMILES string of the molecule is COc1ccc(Br)c2c1[C@@H](N)CCN(C(=O)OC(C)(C)C)C2. The van der Waals surface area contributed by atoms with Crippen LogP contribution in [0.1, 0.15) is 44.4 Å². The number of halogens is 1. The summed E-state index contributed by atoms with van der Waals surface area (Å²) >= 11 is 3.56. The van der Waals surface area contributed by atoms with Crippen LogP contribution in [0.15, 0.2) is 16.6 Å². The molecule has 0 fully saturated rings. The molecule has 1 heterocycles. The Morgan fingerprint density at radius 1 is 1.41 bits per heavy atom. The van der Waals surface area contributed by atoms with E-state index in [0.717, 1.165) is 21.3 Å². The Kier molecular flexibility index (Phi) is 5.02. The van der Waals surface area contributed by atoms with Crippen molar-refractivity contribution < 1.29 is 14.3 Å². The molecule has 122 valence electrons. The van der Waals surface area contributed by atoms with Crippen molar-refractivity contribution in [1.82, 2.24) is 4.90 Å². The van der Waals surface area contributed by atoms with E-state index in [1.165, 1.54) is 0 Å². The van der Waals surface area contributed by atoms with Crippen molar-refractivity contribution in [3.8, 4) is 5.75 Å². The van der Waals surface area contributed by atoms with Crippen LogP contribution in [0.4, 0.5) is 4.79 Å². The standard InChI is InChI=1S/C16H23BrN2O3/c1-16(2,3)22-15(20)19-8-7-12(18)14-10(9-19)11(17)5-6-13(14)21-4/h5-6,12H,7-9,18H2,1-4H3/t12-/m0/s1. The molecule has 1 aromatic rings. The molecular weight excluding hydrogens is 348 g/mol. The van der Waals surface area contributed by atoms with Crippen molar-refractivity contribution in [2.24, 2.45) is 5.73 Å². The Balaban J connectivity index is 2.34. The van der Waals surface area contributed by atoms with Crippen LogP contribution in [0.25, 0.3) is 0 Å². The topological polar surface area (TPSA) is 64.8 Å². The third-order valence-corrected chi connectivity index (χ3v) is 4.30. The highest BCUT2D eigenvalue weighted by atomic mass is 79.9. The van der Waals surface area contributed by atoms with Crippen LogP contribution in [0, 0.1) is 0 Å². The van der Waals surface area contributed by atoms with Crippen LogP contribution in [0.5, 0.6) is 5.75 Å². The summed E-state index contributed by atoms with van der Waals surface area (Å²) < 4.78 is 11.8. The van der Waals surface area contributed by atoms with E-state index in [1.807, 2.05) is 32.9 Å². The monoisotopic (exact) mass is 370 g/mol. The molecule has 0 unspecified atom stereocenters. The first-order valence-electron chi connectivity index (χ1n) is 7.31. The first-order valence-corrected chi connectivity index (χ1v) is 8.11. The number of hydrogen-bond acceptors (Lipinski definition) is 4. The summed E-state index contributed by atoms with van der Waals surface area (Å²) in [5.41, 5.74) is 7.73. The molecule has 5 nitrogen and oxygen atoms in total. The molecule has 1 atom stereocenters. The summed E-state index contributed by atoms with van der Waals surface area (Å²) in [6.45, 7) is 6.60. The van der Waals surface area contributed by atoms with Gasteiger partial charge >= 0.3 is 6.09 Å². The molecule has 6 heteroatoms. The molecule has 0 bridgehead atoms. The number of amides is 1. The molecule has 1 amide bonds. The van der Waals surface area contributed by atoms with E-state index in [4.69, 9.17) is 15.2 Å². The molecule has 0 radical (unpaired) electrons. The van der Waals surface area contributed by atoms with Gasteiger partial charge in [0, 0.05) is 22.6 Å². The lowest BCUT2D eigenvalue weighted by atomic mass is 9.99. The fraction of sp³-hybridized carbons (Fsp3) is 0.562. The normalized spacial score (nSPS) is 18.5. The lowest BCUT2D eigenvalue weighted by Crippen LogP contribution is -2.36. The average molecular weight is 371 g/mol. The summed E-state index contributed by atoms with van der Waals surface area (Å²) in [6.07, 6.45) is 0.348. The minimum atomic E-state index is -0.514. The van der Waals surface area contributed by atoms with E-state index in [1.54, 1.807) is 12.0 Å². The zero-order chi connectivity index (χ0) is 16.5. The Morgan fingerprint density at radius 3 is 2.68 bits per heavy atom. The number of hydrogen-bond donors (Lipinski definition) is 1. The minimum absolute atomic E-state index is 0.171. The van der Waals surface area contributed by atoms with E-state index in [9.17, 15) is 4.79 Å². The van der Waals surface area contributed by atoms with Gasteiger partial charge in [-0.25, -0.2) is 4.79 Å². The van der Waals surface area contributed by atoms with E-state index in [0.29, 0.717) is 19.5 Å². The summed E-state index contributed by atoms with van der Waals surface area (Å²) in [5, 5.41) is 0. The van der Waals surface area contributed by atoms with Crippen LogP contribution < -0.4 is 10.5 Å². The van der Waals surface area contributed by atoms with Crippen molar-refractivity contribution >= 4 is 22.0 Å². The minimum Gasteiger partial charge on any atom is -0.496 e. The third-order valence-electron chi connectivity index (χ3n) is 3.56. The molecule has 1 aromatic carbocycles. The van der Waals surface area contributed by atoms with Gasteiger partial charge in [0.15, 0.2) is 0 Å². The average Bonchev–Trinajstić information content (AvgIpc) is 2.58. The van der Waals surface area contributed by atoms with Crippen LogP contribution in [0.3, 0.4) is 0 Å². The van der Waals surface area contributed by atoms with Gasteiger partial charge in [-0.2, -0.15) is 0 Å². The number of fused-ring (bicyclic) bond motifs is 1. The Labute approximate surface area is 139 Å². The zero-order valence-electron chi connectivity index (χ0n) is 13.5.